The fourth-order valence-corrected chi connectivity index (χ4v) is 4.21. The van der Waals surface area contributed by atoms with E-state index in [0.717, 1.165) is 23.1 Å². The van der Waals surface area contributed by atoms with Crippen molar-refractivity contribution in [1.82, 2.24) is 10.3 Å². The molecular formula is C19H25N3O3S. The fraction of sp³-hybridized carbons (Fsp3) is 0.526. The van der Waals surface area contributed by atoms with Crippen molar-refractivity contribution in [3.05, 3.63) is 23.8 Å². The first-order chi connectivity index (χ1) is 12.3. The molecule has 0 spiro atoms. The largest absolute Gasteiger partial charge is 0.449 e. The second-order valence-corrected chi connectivity index (χ2v) is 8.23. The van der Waals surface area contributed by atoms with Crippen LogP contribution in [0.4, 0.5) is 5.13 Å². The Kier molecular flexibility index (Phi) is 5.46. The third-order valence-corrected chi connectivity index (χ3v) is 6.18. The fourth-order valence-electron chi connectivity index (χ4n) is 3.44. The minimum atomic E-state index is -0.839. The van der Waals surface area contributed by atoms with Gasteiger partial charge >= 0.3 is 5.97 Å². The number of nitrogens with zero attached hydrogens (tertiary/aromatic N) is 1. The van der Waals surface area contributed by atoms with Crippen molar-refractivity contribution in [2.75, 3.05) is 5.73 Å². The Morgan fingerprint density at radius 2 is 2.12 bits per heavy atom. The summed E-state index contributed by atoms with van der Waals surface area (Å²) in [5.74, 6) is 0.249. The van der Waals surface area contributed by atoms with Crippen LogP contribution >= 0.6 is 11.3 Å². The number of amides is 1. The van der Waals surface area contributed by atoms with Gasteiger partial charge in [-0.2, -0.15) is 0 Å². The Labute approximate surface area is 157 Å². The van der Waals surface area contributed by atoms with Gasteiger partial charge in [0.1, 0.15) is 0 Å². The van der Waals surface area contributed by atoms with Gasteiger partial charge in [-0.3, -0.25) is 4.79 Å². The van der Waals surface area contributed by atoms with Gasteiger partial charge in [-0.1, -0.05) is 38.0 Å². The lowest BCUT2D eigenvalue weighted by Crippen LogP contribution is -2.47. The number of rotatable bonds is 4. The van der Waals surface area contributed by atoms with Crippen LogP contribution in [-0.2, 0) is 9.53 Å². The predicted octanol–water partition coefficient (Wildman–Crippen LogP) is 3.36. The second kappa shape index (κ2) is 7.61. The van der Waals surface area contributed by atoms with E-state index in [-0.39, 0.29) is 11.9 Å². The lowest BCUT2D eigenvalue weighted by atomic mass is 9.78. The number of hydrogen-bond acceptors (Lipinski definition) is 6. The summed E-state index contributed by atoms with van der Waals surface area (Å²) < 4.78 is 6.18. The number of aromatic nitrogens is 1. The monoisotopic (exact) mass is 375 g/mol. The number of anilines is 1. The highest BCUT2D eigenvalue weighted by Crippen LogP contribution is 2.29. The van der Waals surface area contributed by atoms with Gasteiger partial charge in [0.05, 0.1) is 15.8 Å². The van der Waals surface area contributed by atoms with Gasteiger partial charge in [0.25, 0.3) is 5.91 Å². The Morgan fingerprint density at radius 3 is 2.88 bits per heavy atom. The summed E-state index contributed by atoms with van der Waals surface area (Å²) in [6.07, 6.45) is 2.45. The normalized spacial score (nSPS) is 24.2. The molecule has 0 saturated heterocycles. The van der Waals surface area contributed by atoms with Gasteiger partial charge in [0, 0.05) is 6.04 Å². The second-order valence-electron chi connectivity index (χ2n) is 7.16. The topological polar surface area (TPSA) is 94.3 Å². The smallest absolute Gasteiger partial charge is 0.338 e. The van der Waals surface area contributed by atoms with E-state index in [4.69, 9.17) is 10.5 Å². The van der Waals surface area contributed by atoms with E-state index in [1.54, 1.807) is 25.1 Å². The molecule has 140 valence electrons. The molecule has 1 aliphatic carbocycles. The summed E-state index contributed by atoms with van der Waals surface area (Å²) >= 11 is 1.31. The average molecular weight is 375 g/mol. The first-order valence-corrected chi connectivity index (χ1v) is 9.84. The first kappa shape index (κ1) is 18.6. The van der Waals surface area contributed by atoms with Crippen LogP contribution in [0.15, 0.2) is 18.2 Å². The quantitative estimate of drug-likeness (QED) is 0.799. The lowest BCUT2D eigenvalue weighted by Gasteiger charge is -2.35. The van der Waals surface area contributed by atoms with E-state index in [1.165, 1.54) is 17.8 Å². The zero-order valence-electron chi connectivity index (χ0n) is 15.3. The number of carbonyl (C=O) groups excluding carboxylic acids is 2. The minimum Gasteiger partial charge on any atom is -0.449 e. The molecule has 0 bridgehead atoms. The van der Waals surface area contributed by atoms with Crippen LogP contribution in [0.3, 0.4) is 0 Å². The predicted molar refractivity (Wildman–Crippen MR) is 103 cm³/mol. The van der Waals surface area contributed by atoms with E-state index in [0.29, 0.717) is 22.5 Å². The highest BCUT2D eigenvalue weighted by Gasteiger charge is 2.30. The van der Waals surface area contributed by atoms with Crippen LogP contribution in [-0.4, -0.2) is 29.0 Å². The molecule has 1 heterocycles. The van der Waals surface area contributed by atoms with Crippen molar-refractivity contribution in [2.24, 2.45) is 11.8 Å². The summed E-state index contributed by atoms with van der Waals surface area (Å²) in [6.45, 7) is 5.99. The molecule has 1 saturated carbocycles. The highest BCUT2D eigenvalue weighted by atomic mass is 32.1. The number of hydrogen-bond donors (Lipinski definition) is 2. The van der Waals surface area contributed by atoms with Crippen molar-refractivity contribution in [1.29, 1.82) is 0 Å². The minimum absolute atomic E-state index is 0.143. The molecule has 7 heteroatoms. The third kappa shape index (κ3) is 3.98. The number of thiazole rings is 1. The van der Waals surface area contributed by atoms with E-state index in [1.807, 2.05) is 0 Å². The van der Waals surface area contributed by atoms with Crippen LogP contribution in [0.1, 0.15) is 50.4 Å². The van der Waals surface area contributed by atoms with Gasteiger partial charge < -0.3 is 15.8 Å². The van der Waals surface area contributed by atoms with Crippen LogP contribution in [0.25, 0.3) is 10.2 Å². The van der Waals surface area contributed by atoms with Gasteiger partial charge in [0.15, 0.2) is 11.2 Å². The highest BCUT2D eigenvalue weighted by molar-refractivity contribution is 7.22. The maximum atomic E-state index is 12.4. The molecule has 0 radical (unpaired) electrons. The van der Waals surface area contributed by atoms with Crippen LogP contribution in [0.5, 0.6) is 0 Å². The molecule has 1 fully saturated rings. The molecule has 0 unspecified atom stereocenters. The molecular weight excluding hydrogens is 350 g/mol. The number of esters is 1. The average Bonchev–Trinajstić information content (AvgIpc) is 2.97. The molecule has 1 aliphatic rings. The summed E-state index contributed by atoms with van der Waals surface area (Å²) in [7, 11) is 0. The van der Waals surface area contributed by atoms with Crippen molar-refractivity contribution in [3.63, 3.8) is 0 Å². The Bertz CT molecular complexity index is 819. The molecule has 4 atom stereocenters. The lowest BCUT2D eigenvalue weighted by molar-refractivity contribution is -0.130. The number of nitrogens with two attached hydrogens (primary N) is 1. The maximum Gasteiger partial charge on any atom is 0.338 e. The molecule has 3 rings (SSSR count). The van der Waals surface area contributed by atoms with E-state index < -0.39 is 12.1 Å². The zero-order valence-corrected chi connectivity index (χ0v) is 16.1. The van der Waals surface area contributed by atoms with Gasteiger partial charge in [-0.05, 0) is 43.4 Å². The summed E-state index contributed by atoms with van der Waals surface area (Å²) in [5.41, 5.74) is 6.82. The first-order valence-electron chi connectivity index (χ1n) is 9.02. The standard InChI is InChI=1S/C19H25N3O3S/c1-10-5-4-6-14(11(10)2)21-17(23)12(3)25-18(24)13-7-8-15-16(9-13)26-19(20)22-15/h7-12,14H,4-6H2,1-3H3,(H2,20,22)(H,21,23)/t10-,11-,12+,14-/m1/s1. The number of benzene rings is 1. The third-order valence-electron chi connectivity index (χ3n) is 5.33. The molecule has 1 aromatic heterocycles. The number of nitrogen functional groups attached to an aromatic ring is 1. The summed E-state index contributed by atoms with van der Waals surface area (Å²) in [4.78, 5) is 29.0. The van der Waals surface area contributed by atoms with Crippen LogP contribution < -0.4 is 11.1 Å². The van der Waals surface area contributed by atoms with E-state index in [9.17, 15) is 9.59 Å². The van der Waals surface area contributed by atoms with E-state index in [2.05, 4.69) is 24.1 Å². The number of nitrogens with one attached hydrogen (secondary N) is 1. The van der Waals surface area contributed by atoms with Crippen molar-refractivity contribution >= 4 is 38.6 Å². The molecule has 1 amide bonds. The SMILES string of the molecule is C[C@@H]1[C@H](C)CCC[C@H]1NC(=O)[C@H](C)OC(=O)c1ccc2nc(N)sc2c1. The van der Waals surface area contributed by atoms with Crippen molar-refractivity contribution < 1.29 is 14.3 Å². The van der Waals surface area contributed by atoms with Crippen molar-refractivity contribution in [3.8, 4) is 0 Å². The molecule has 2 aromatic rings. The Balaban J connectivity index is 1.61. The number of fused-ring (bicyclic) bond motifs is 1. The molecule has 0 aliphatic heterocycles. The number of carbonyl (C=O) groups is 2. The Morgan fingerprint density at radius 1 is 1.35 bits per heavy atom. The number of ether oxygens (including phenoxy) is 1. The summed E-state index contributed by atoms with van der Waals surface area (Å²) in [5, 5.41) is 3.50. The summed E-state index contributed by atoms with van der Waals surface area (Å²) in [6, 6.07) is 5.21. The molecule has 3 N–H and O–H groups in total. The van der Waals surface area contributed by atoms with Crippen LogP contribution in [0, 0.1) is 11.8 Å². The zero-order chi connectivity index (χ0) is 18.8. The molecule has 26 heavy (non-hydrogen) atoms. The van der Waals surface area contributed by atoms with Gasteiger partial charge in [0.2, 0.25) is 0 Å². The van der Waals surface area contributed by atoms with Crippen molar-refractivity contribution in [2.45, 2.75) is 52.2 Å². The van der Waals surface area contributed by atoms with Gasteiger partial charge in [-0.25, -0.2) is 9.78 Å². The van der Waals surface area contributed by atoms with Gasteiger partial charge in [-0.15, -0.1) is 0 Å². The Hall–Kier alpha value is -2.15. The van der Waals surface area contributed by atoms with E-state index >= 15 is 0 Å². The molecule has 1 aromatic carbocycles. The van der Waals surface area contributed by atoms with Crippen LogP contribution in [0.2, 0.25) is 0 Å². The maximum absolute atomic E-state index is 12.4. The molecule has 6 nitrogen and oxygen atoms in total.